The largest absolute Gasteiger partial charge is 0.309 e. The molecule has 1 aromatic heterocycles. The predicted octanol–water partition coefficient (Wildman–Crippen LogP) is 4.14. The van der Waals surface area contributed by atoms with E-state index in [-0.39, 0.29) is 17.6 Å². The van der Waals surface area contributed by atoms with Crippen LogP contribution in [0.5, 0.6) is 0 Å². The molecule has 0 fully saturated rings. The smallest absolute Gasteiger partial charge is 0.226 e. The first-order valence-electron chi connectivity index (χ1n) is 7.78. The molecule has 3 aromatic rings. The molecule has 2 aromatic carbocycles. The molecule has 0 bridgehead atoms. The fraction of sp³-hybridized carbons (Fsp3) is 0.158. The molecule has 1 atom stereocenters. The van der Waals surface area contributed by atoms with E-state index in [0.717, 1.165) is 11.3 Å². The van der Waals surface area contributed by atoms with Crippen LogP contribution in [0.4, 0.5) is 10.2 Å². The van der Waals surface area contributed by atoms with Crippen molar-refractivity contribution in [1.82, 2.24) is 9.78 Å². The van der Waals surface area contributed by atoms with Crippen LogP contribution >= 0.6 is 0 Å². The summed E-state index contributed by atoms with van der Waals surface area (Å²) in [5.41, 5.74) is 1.86. The van der Waals surface area contributed by atoms with E-state index in [1.165, 1.54) is 12.1 Å². The van der Waals surface area contributed by atoms with Gasteiger partial charge in [-0.25, -0.2) is 9.07 Å². The lowest BCUT2D eigenvalue weighted by Crippen LogP contribution is -2.15. The van der Waals surface area contributed by atoms with Gasteiger partial charge < -0.3 is 5.32 Å². The lowest BCUT2D eigenvalue weighted by Gasteiger charge is -2.11. The third-order valence-electron chi connectivity index (χ3n) is 3.81. The minimum atomic E-state index is -0.276. The number of halogens is 1. The summed E-state index contributed by atoms with van der Waals surface area (Å²) in [7, 11) is 0. The minimum absolute atomic E-state index is 0.00168. The van der Waals surface area contributed by atoms with Gasteiger partial charge in [-0.15, -0.1) is 0 Å². The second kappa shape index (κ2) is 7.08. The van der Waals surface area contributed by atoms with Crippen LogP contribution in [0.2, 0.25) is 0 Å². The van der Waals surface area contributed by atoms with Gasteiger partial charge in [0.15, 0.2) is 5.82 Å². The van der Waals surface area contributed by atoms with Crippen LogP contribution in [0.15, 0.2) is 66.9 Å². The molecule has 0 spiro atoms. The third kappa shape index (κ3) is 3.87. The number of hydrogen-bond acceptors (Lipinski definition) is 2. The maximum atomic E-state index is 13.0. The molecule has 1 unspecified atom stereocenters. The molecule has 122 valence electrons. The molecule has 0 saturated heterocycles. The molecule has 0 radical (unpaired) electrons. The highest BCUT2D eigenvalue weighted by atomic mass is 19.1. The second-order valence-corrected chi connectivity index (χ2v) is 5.69. The van der Waals surface area contributed by atoms with Crippen molar-refractivity contribution in [2.45, 2.75) is 19.3 Å². The van der Waals surface area contributed by atoms with E-state index in [1.807, 2.05) is 37.3 Å². The molecule has 1 heterocycles. The predicted molar refractivity (Wildman–Crippen MR) is 91.6 cm³/mol. The van der Waals surface area contributed by atoms with Crippen LogP contribution in [0.1, 0.15) is 24.8 Å². The molecule has 0 aliphatic rings. The lowest BCUT2D eigenvalue weighted by atomic mass is 9.97. The number of para-hydroxylation sites is 1. The highest BCUT2D eigenvalue weighted by molar-refractivity contribution is 5.90. The van der Waals surface area contributed by atoms with Crippen LogP contribution in [-0.2, 0) is 4.79 Å². The molecule has 3 rings (SSSR count). The van der Waals surface area contributed by atoms with Crippen molar-refractivity contribution in [1.29, 1.82) is 0 Å². The molecule has 24 heavy (non-hydrogen) atoms. The summed E-state index contributed by atoms with van der Waals surface area (Å²) in [5, 5.41) is 7.15. The van der Waals surface area contributed by atoms with Crippen LogP contribution in [0.25, 0.3) is 5.69 Å². The van der Waals surface area contributed by atoms with Gasteiger partial charge in [0.25, 0.3) is 0 Å². The summed E-state index contributed by atoms with van der Waals surface area (Å²) in [6.07, 6.45) is 2.11. The molecule has 0 aliphatic heterocycles. The Labute approximate surface area is 139 Å². The molecule has 0 aliphatic carbocycles. The summed E-state index contributed by atoms with van der Waals surface area (Å²) in [4.78, 5) is 12.2. The average molecular weight is 323 g/mol. The molecule has 0 saturated carbocycles. The average Bonchev–Trinajstić information content (AvgIpc) is 3.04. The van der Waals surface area contributed by atoms with E-state index in [9.17, 15) is 9.18 Å². The summed E-state index contributed by atoms with van der Waals surface area (Å²) in [6.45, 7) is 1.94. The molecular weight excluding hydrogens is 305 g/mol. The monoisotopic (exact) mass is 323 g/mol. The zero-order valence-electron chi connectivity index (χ0n) is 13.3. The van der Waals surface area contributed by atoms with Gasteiger partial charge in [-0.1, -0.05) is 37.3 Å². The molecule has 1 N–H and O–H groups in total. The van der Waals surface area contributed by atoms with Gasteiger partial charge in [-0.3, -0.25) is 4.79 Å². The summed E-state index contributed by atoms with van der Waals surface area (Å²) < 4.78 is 14.7. The van der Waals surface area contributed by atoms with Gasteiger partial charge in [-0.05, 0) is 35.7 Å². The van der Waals surface area contributed by atoms with E-state index in [1.54, 1.807) is 29.1 Å². The second-order valence-electron chi connectivity index (χ2n) is 5.69. The third-order valence-corrected chi connectivity index (χ3v) is 3.81. The Bertz CT molecular complexity index is 812. The van der Waals surface area contributed by atoms with E-state index >= 15 is 0 Å². The summed E-state index contributed by atoms with van der Waals surface area (Å²) >= 11 is 0. The van der Waals surface area contributed by atoms with Crippen molar-refractivity contribution in [3.63, 3.8) is 0 Å². The number of amides is 1. The van der Waals surface area contributed by atoms with Crippen molar-refractivity contribution < 1.29 is 9.18 Å². The fourth-order valence-corrected chi connectivity index (χ4v) is 2.50. The first-order valence-corrected chi connectivity index (χ1v) is 7.78. The Morgan fingerprint density at radius 3 is 2.54 bits per heavy atom. The number of hydrogen-bond donors (Lipinski definition) is 1. The lowest BCUT2D eigenvalue weighted by molar-refractivity contribution is -0.116. The Kier molecular flexibility index (Phi) is 4.70. The number of rotatable bonds is 5. The van der Waals surface area contributed by atoms with Crippen molar-refractivity contribution in [3.8, 4) is 5.69 Å². The Morgan fingerprint density at radius 1 is 1.12 bits per heavy atom. The minimum Gasteiger partial charge on any atom is -0.309 e. The Morgan fingerprint density at radius 2 is 1.83 bits per heavy atom. The van der Waals surface area contributed by atoms with Gasteiger partial charge in [0.2, 0.25) is 5.91 Å². The molecule has 1 amide bonds. The molecule has 5 heteroatoms. The van der Waals surface area contributed by atoms with Crippen LogP contribution in [0.3, 0.4) is 0 Å². The van der Waals surface area contributed by atoms with Gasteiger partial charge in [0, 0.05) is 18.7 Å². The normalized spacial score (nSPS) is 11.9. The van der Waals surface area contributed by atoms with Gasteiger partial charge in [0.05, 0.1) is 5.69 Å². The van der Waals surface area contributed by atoms with Crippen LogP contribution in [-0.4, -0.2) is 15.7 Å². The van der Waals surface area contributed by atoms with Crippen molar-refractivity contribution in [2.24, 2.45) is 0 Å². The van der Waals surface area contributed by atoms with Crippen molar-refractivity contribution >= 4 is 11.7 Å². The highest BCUT2D eigenvalue weighted by Crippen LogP contribution is 2.20. The number of carbonyl (C=O) groups excluding carboxylic acids is 1. The van der Waals surface area contributed by atoms with E-state index in [4.69, 9.17) is 0 Å². The number of benzene rings is 2. The van der Waals surface area contributed by atoms with Gasteiger partial charge in [-0.2, -0.15) is 5.10 Å². The Hall–Kier alpha value is -2.95. The van der Waals surface area contributed by atoms with E-state index in [0.29, 0.717) is 12.2 Å². The fourth-order valence-electron chi connectivity index (χ4n) is 2.50. The number of nitrogens with one attached hydrogen (secondary N) is 1. The first-order chi connectivity index (χ1) is 11.6. The highest BCUT2D eigenvalue weighted by Gasteiger charge is 2.12. The van der Waals surface area contributed by atoms with Crippen LogP contribution < -0.4 is 5.32 Å². The maximum Gasteiger partial charge on any atom is 0.226 e. The topological polar surface area (TPSA) is 46.9 Å². The molecule has 4 nitrogen and oxygen atoms in total. The number of aromatic nitrogens is 2. The molecular formula is C19H18FN3O. The van der Waals surface area contributed by atoms with Crippen LogP contribution in [0, 0.1) is 5.82 Å². The number of anilines is 1. The van der Waals surface area contributed by atoms with E-state index in [2.05, 4.69) is 10.4 Å². The quantitative estimate of drug-likeness (QED) is 0.767. The van der Waals surface area contributed by atoms with E-state index < -0.39 is 0 Å². The number of nitrogens with zero attached hydrogens (tertiary/aromatic N) is 2. The summed E-state index contributed by atoms with van der Waals surface area (Å²) in [6, 6.07) is 17.7. The van der Waals surface area contributed by atoms with Crippen molar-refractivity contribution in [2.75, 3.05) is 5.32 Å². The zero-order chi connectivity index (χ0) is 16.9. The number of carbonyl (C=O) groups is 1. The standard InChI is InChI=1S/C19H18FN3O/c1-14(15-7-9-16(20)10-8-15)13-19(24)21-18-11-12-23(22-18)17-5-3-2-4-6-17/h2-12,14H,13H2,1H3,(H,21,22,24). The SMILES string of the molecule is CC(CC(=O)Nc1ccn(-c2ccccc2)n1)c1ccc(F)cc1. The zero-order valence-corrected chi connectivity index (χ0v) is 13.3. The first kappa shape index (κ1) is 15.9. The van der Waals surface area contributed by atoms with Crippen molar-refractivity contribution in [3.05, 3.63) is 78.2 Å². The maximum absolute atomic E-state index is 13.0. The van der Waals surface area contributed by atoms with Gasteiger partial charge >= 0.3 is 0 Å². The Balaban J connectivity index is 1.61. The summed E-state index contributed by atoms with van der Waals surface area (Å²) in [5.74, 6) is 0.115. The van der Waals surface area contributed by atoms with Gasteiger partial charge in [0.1, 0.15) is 5.82 Å².